The Bertz CT molecular complexity index is 364. The van der Waals surface area contributed by atoms with E-state index in [0.29, 0.717) is 0 Å². The summed E-state index contributed by atoms with van der Waals surface area (Å²) in [5.41, 5.74) is -0.669. The number of piperidine rings is 1. The molecule has 0 aromatic heterocycles. The van der Waals surface area contributed by atoms with E-state index in [0.717, 1.165) is 0 Å². The largest absolute Gasteiger partial charge is 0.466 e. The Morgan fingerprint density at radius 3 is 2.35 bits per heavy atom. The van der Waals surface area contributed by atoms with Crippen LogP contribution in [-0.4, -0.2) is 64.7 Å². The molecule has 7 heteroatoms. The van der Waals surface area contributed by atoms with Crippen LogP contribution in [0.2, 0.25) is 0 Å². The number of β-amino-alcohol motifs (C(OH)–C–C–N with tert-alkyl or cyclic N) is 1. The van der Waals surface area contributed by atoms with Crippen molar-refractivity contribution in [3.05, 3.63) is 0 Å². The first-order valence-electron chi connectivity index (χ1n) is 6.66. The maximum absolute atomic E-state index is 12.0. The fraction of sp³-hybridized carbons (Fsp3) is 0.846. The topological polar surface area (TPSA) is 96.3 Å². The number of esters is 1. The highest BCUT2D eigenvalue weighted by Crippen LogP contribution is 2.21. The fourth-order valence-electron chi connectivity index (χ4n) is 1.96. The molecule has 2 N–H and O–H groups in total. The first kappa shape index (κ1) is 16.7. The van der Waals surface area contributed by atoms with Crippen molar-refractivity contribution in [2.75, 3.05) is 19.7 Å². The first-order chi connectivity index (χ1) is 9.15. The van der Waals surface area contributed by atoms with Crippen LogP contribution in [0.25, 0.3) is 0 Å². The predicted molar refractivity (Wildman–Crippen MR) is 69.9 cm³/mol. The van der Waals surface area contributed by atoms with E-state index in [1.165, 1.54) is 4.90 Å². The molecule has 1 amide bonds. The SMILES string of the molecule is CCOC(=O)C1CN(C(=O)OC(C)(C)C)CC(O)C1O. The van der Waals surface area contributed by atoms with Crippen molar-refractivity contribution in [1.29, 1.82) is 0 Å². The molecule has 0 aromatic carbocycles. The third-order valence-electron chi connectivity index (χ3n) is 2.87. The van der Waals surface area contributed by atoms with E-state index < -0.39 is 35.8 Å². The molecule has 0 bridgehead atoms. The quantitative estimate of drug-likeness (QED) is 0.702. The van der Waals surface area contributed by atoms with E-state index in [2.05, 4.69) is 0 Å². The number of carbonyl (C=O) groups excluding carboxylic acids is 2. The molecule has 7 nitrogen and oxygen atoms in total. The molecule has 1 fully saturated rings. The summed E-state index contributed by atoms with van der Waals surface area (Å²) in [6.07, 6.45) is -3.07. The Hall–Kier alpha value is -1.34. The van der Waals surface area contributed by atoms with Crippen molar-refractivity contribution in [2.24, 2.45) is 5.92 Å². The Labute approximate surface area is 118 Å². The first-order valence-corrected chi connectivity index (χ1v) is 6.66. The third-order valence-corrected chi connectivity index (χ3v) is 2.87. The highest BCUT2D eigenvalue weighted by Gasteiger charge is 2.42. The molecule has 1 heterocycles. The van der Waals surface area contributed by atoms with E-state index >= 15 is 0 Å². The average Bonchev–Trinajstić information content (AvgIpc) is 2.30. The van der Waals surface area contributed by atoms with Crippen LogP contribution in [-0.2, 0) is 14.3 Å². The van der Waals surface area contributed by atoms with Crippen LogP contribution in [0.5, 0.6) is 0 Å². The van der Waals surface area contributed by atoms with Crippen molar-refractivity contribution in [1.82, 2.24) is 4.90 Å². The zero-order valence-electron chi connectivity index (χ0n) is 12.3. The van der Waals surface area contributed by atoms with Crippen LogP contribution < -0.4 is 0 Å². The Morgan fingerprint density at radius 2 is 1.85 bits per heavy atom. The van der Waals surface area contributed by atoms with E-state index in [1.54, 1.807) is 27.7 Å². The van der Waals surface area contributed by atoms with Gasteiger partial charge in [0.15, 0.2) is 0 Å². The van der Waals surface area contributed by atoms with Gasteiger partial charge in [0.2, 0.25) is 0 Å². The Balaban J connectivity index is 2.76. The molecule has 0 spiro atoms. The summed E-state index contributed by atoms with van der Waals surface area (Å²) in [5, 5.41) is 19.6. The van der Waals surface area contributed by atoms with E-state index in [4.69, 9.17) is 9.47 Å². The predicted octanol–water partition coefficient (Wildman–Crippen LogP) is 0.138. The number of carbonyl (C=O) groups is 2. The summed E-state index contributed by atoms with van der Waals surface area (Å²) in [4.78, 5) is 24.9. The fourth-order valence-corrected chi connectivity index (χ4v) is 1.96. The number of hydrogen-bond donors (Lipinski definition) is 2. The average molecular weight is 289 g/mol. The highest BCUT2D eigenvalue weighted by atomic mass is 16.6. The monoisotopic (exact) mass is 289 g/mol. The molecule has 0 aliphatic carbocycles. The lowest BCUT2D eigenvalue weighted by Crippen LogP contribution is -2.57. The van der Waals surface area contributed by atoms with Gasteiger partial charge in [-0.1, -0.05) is 0 Å². The van der Waals surface area contributed by atoms with Crippen molar-refractivity contribution in [2.45, 2.75) is 45.5 Å². The molecular formula is C13H23NO6. The summed E-state index contributed by atoms with van der Waals surface area (Å²) in [7, 11) is 0. The van der Waals surface area contributed by atoms with Gasteiger partial charge >= 0.3 is 12.1 Å². The number of likely N-dealkylation sites (tertiary alicyclic amines) is 1. The lowest BCUT2D eigenvalue weighted by Gasteiger charge is -2.38. The number of nitrogens with zero attached hydrogens (tertiary/aromatic N) is 1. The smallest absolute Gasteiger partial charge is 0.410 e. The van der Waals surface area contributed by atoms with E-state index in [1.807, 2.05) is 0 Å². The summed E-state index contributed by atoms with van der Waals surface area (Å²) in [6.45, 7) is 6.88. The molecule has 0 saturated carbocycles. The minimum atomic E-state index is -1.24. The van der Waals surface area contributed by atoms with Gasteiger partial charge < -0.3 is 24.6 Å². The van der Waals surface area contributed by atoms with Gasteiger partial charge in [-0.15, -0.1) is 0 Å². The van der Waals surface area contributed by atoms with E-state index in [9.17, 15) is 19.8 Å². The maximum Gasteiger partial charge on any atom is 0.410 e. The molecule has 3 unspecified atom stereocenters. The molecule has 1 saturated heterocycles. The van der Waals surface area contributed by atoms with Gasteiger partial charge in [0.25, 0.3) is 0 Å². The molecule has 0 radical (unpaired) electrons. The number of ether oxygens (including phenoxy) is 2. The van der Waals surface area contributed by atoms with Crippen molar-refractivity contribution < 1.29 is 29.3 Å². The lowest BCUT2D eigenvalue weighted by atomic mass is 9.93. The van der Waals surface area contributed by atoms with Crippen LogP contribution in [0.15, 0.2) is 0 Å². The Kier molecular flexibility index (Phi) is 5.35. The van der Waals surface area contributed by atoms with Gasteiger partial charge in [-0.05, 0) is 27.7 Å². The van der Waals surface area contributed by atoms with Crippen LogP contribution in [0, 0.1) is 5.92 Å². The number of aliphatic hydroxyl groups is 2. The second-order valence-corrected chi connectivity index (χ2v) is 5.80. The third kappa shape index (κ3) is 4.35. The molecular weight excluding hydrogens is 266 g/mol. The maximum atomic E-state index is 12.0. The summed E-state index contributed by atoms with van der Waals surface area (Å²) in [5.74, 6) is -1.60. The van der Waals surface area contributed by atoms with Crippen LogP contribution >= 0.6 is 0 Å². The number of aliphatic hydroxyl groups excluding tert-OH is 2. The van der Waals surface area contributed by atoms with E-state index in [-0.39, 0.29) is 19.7 Å². The van der Waals surface area contributed by atoms with Gasteiger partial charge in [-0.2, -0.15) is 0 Å². The molecule has 116 valence electrons. The van der Waals surface area contributed by atoms with Crippen LogP contribution in [0.1, 0.15) is 27.7 Å². The zero-order chi connectivity index (χ0) is 15.5. The minimum Gasteiger partial charge on any atom is -0.466 e. The van der Waals surface area contributed by atoms with Gasteiger partial charge in [0.1, 0.15) is 11.5 Å². The van der Waals surface area contributed by atoms with Crippen molar-refractivity contribution in [3.63, 3.8) is 0 Å². The van der Waals surface area contributed by atoms with Crippen LogP contribution in [0.3, 0.4) is 0 Å². The van der Waals surface area contributed by atoms with Gasteiger partial charge in [-0.3, -0.25) is 4.79 Å². The van der Waals surface area contributed by atoms with Crippen molar-refractivity contribution in [3.8, 4) is 0 Å². The van der Waals surface area contributed by atoms with Crippen molar-refractivity contribution >= 4 is 12.1 Å². The Morgan fingerprint density at radius 1 is 1.25 bits per heavy atom. The molecule has 1 aliphatic heterocycles. The number of rotatable bonds is 2. The molecule has 1 aliphatic rings. The van der Waals surface area contributed by atoms with Crippen LogP contribution in [0.4, 0.5) is 4.79 Å². The normalized spacial score (nSPS) is 27.1. The molecule has 1 rings (SSSR count). The molecule has 0 aromatic rings. The highest BCUT2D eigenvalue weighted by molar-refractivity contribution is 5.75. The number of hydrogen-bond acceptors (Lipinski definition) is 6. The second kappa shape index (κ2) is 6.41. The summed E-state index contributed by atoms with van der Waals surface area (Å²) in [6, 6.07) is 0. The van der Waals surface area contributed by atoms with Gasteiger partial charge in [0.05, 0.1) is 25.4 Å². The molecule has 20 heavy (non-hydrogen) atoms. The minimum absolute atomic E-state index is 0.0357. The zero-order valence-corrected chi connectivity index (χ0v) is 12.3. The second-order valence-electron chi connectivity index (χ2n) is 5.80. The number of amides is 1. The van der Waals surface area contributed by atoms with Gasteiger partial charge in [0, 0.05) is 6.54 Å². The standard InChI is InChI=1S/C13H23NO6/c1-5-19-11(17)8-6-14(7-9(15)10(8)16)12(18)20-13(2,3)4/h8-10,15-16H,5-7H2,1-4H3. The summed E-state index contributed by atoms with van der Waals surface area (Å²) < 4.78 is 10.0. The summed E-state index contributed by atoms with van der Waals surface area (Å²) >= 11 is 0. The lowest BCUT2D eigenvalue weighted by molar-refractivity contribution is -0.161. The van der Waals surface area contributed by atoms with Gasteiger partial charge in [-0.25, -0.2) is 4.79 Å². The molecule has 3 atom stereocenters.